The molecular weight excluding hydrogens is 537 g/mol. The fourth-order valence-corrected chi connectivity index (χ4v) is 3.69. The number of carbonyl (C=O) groups is 1. The van der Waals surface area contributed by atoms with E-state index in [0.717, 1.165) is 29.1 Å². The summed E-state index contributed by atoms with van der Waals surface area (Å²) < 4.78 is 51.3. The van der Waals surface area contributed by atoms with Crippen molar-refractivity contribution in [3.05, 3.63) is 92.3 Å². The van der Waals surface area contributed by atoms with Gasteiger partial charge in [-0.3, -0.25) is 14.9 Å². The monoisotopic (exact) mass is 556 g/mol. The number of hydrogen-bond donors (Lipinski definition) is 1. The number of aromatic nitrogens is 2. The maximum Gasteiger partial charge on any atom is 0.416 e. The van der Waals surface area contributed by atoms with Crippen LogP contribution in [0.3, 0.4) is 0 Å². The molecule has 0 aliphatic heterocycles. The third kappa shape index (κ3) is 5.60. The number of ether oxygens (including phenoxy) is 2. The maximum absolute atomic E-state index is 13.4. The Morgan fingerprint density at radius 3 is 2.55 bits per heavy atom. The van der Waals surface area contributed by atoms with Crippen LogP contribution in [-0.4, -0.2) is 45.1 Å². The van der Waals surface area contributed by atoms with Crippen molar-refractivity contribution >= 4 is 28.8 Å². The number of hydrogen-bond acceptors (Lipinski definition) is 8. The molecule has 4 aromatic rings. The first-order valence-electron chi connectivity index (χ1n) is 11.4. The van der Waals surface area contributed by atoms with Crippen LogP contribution >= 0.6 is 0 Å². The molecule has 14 heteroatoms. The van der Waals surface area contributed by atoms with Gasteiger partial charge < -0.3 is 14.6 Å². The van der Waals surface area contributed by atoms with Gasteiger partial charge in [-0.15, -0.1) is 0 Å². The van der Waals surface area contributed by atoms with Gasteiger partial charge >= 0.3 is 17.8 Å². The molecule has 0 aliphatic rings. The summed E-state index contributed by atoms with van der Waals surface area (Å²) in [6, 6.07) is 12.6. The Morgan fingerprint density at radius 1 is 1.18 bits per heavy atom. The van der Waals surface area contributed by atoms with Crippen molar-refractivity contribution in [3.8, 4) is 22.9 Å². The predicted octanol–water partition coefficient (Wildman–Crippen LogP) is 4.73. The zero-order chi connectivity index (χ0) is 29.2. The highest BCUT2D eigenvalue weighted by molar-refractivity contribution is 5.84. The first-order valence-corrected chi connectivity index (χ1v) is 11.4. The summed E-state index contributed by atoms with van der Waals surface area (Å²) in [7, 11) is 1.18. The summed E-state index contributed by atoms with van der Waals surface area (Å²) in [5.41, 5.74) is -2.10. The van der Waals surface area contributed by atoms with E-state index in [2.05, 4.69) is 10.1 Å². The van der Waals surface area contributed by atoms with Gasteiger partial charge in [0.15, 0.2) is 17.7 Å². The fourth-order valence-electron chi connectivity index (χ4n) is 3.69. The van der Waals surface area contributed by atoms with Crippen LogP contribution in [0.2, 0.25) is 0 Å². The molecule has 1 heterocycles. The number of halogens is 3. The highest BCUT2D eigenvalue weighted by Crippen LogP contribution is 2.39. The van der Waals surface area contributed by atoms with Crippen LogP contribution < -0.4 is 15.0 Å². The highest BCUT2D eigenvalue weighted by Gasteiger charge is 2.31. The van der Waals surface area contributed by atoms with E-state index in [0.29, 0.717) is 0 Å². The van der Waals surface area contributed by atoms with Gasteiger partial charge in [0.1, 0.15) is 0 Å². The quantitative estimate of drug-likeness (QED) is 0.186. The number of fused-ring (bicyclic) bond motifs is 1. The molecule has 1 atom stereocenters. The lowest BCUT2D eigenvalue weighted by Crippen LogP contribution is -2.23. The number of rotatable bonds is 8. The van der Waals surface area contributed by atoms with E-state index in [1.54, 1.807) is 12.1 Å². The number of nitro benzene ring substituents is 1. The molecule has 0 unspecified atom stereocenters. The molecule has 1 aromatic heterocycles. The van der Waals surface area contributed by atoms with E-state index in [9.17, 15) is 32.9 Å². The first kappa shape index (κ1) is 27.8. The highest BCUT2D eigenvalue weighted by atomic mass is 19.4. The van der Waals surface area contributed by atoms with Crippen molar-refractivity contribution in [3.63, 3.8) is 0 Å². The van der Waals surface area contributed by atoms with Gasteiger partial charge in [0.05, 0.1) is 34.7 Å². The second-order valence-corrected chi connectivity index (χ2v) is 8.32. The van der Waals surface area contributed by atoms with Crippen LogP contribution in [0.5, 0.6) is 11.5 Å². The van der Waals surface area contributed by atoms with E-state index in [-0.39, 0.29) is 33.6 Å². The smallest absolute Gasteiger partial charge is 0.416 e. The van der Waals surface area contributed by atoms with Gasteiger partial charge in [0, 0.05) is 17.2 Å². The van der Waals surface area contributed by atoms with E-state index in [4.69, 9.17) is 14.6 Å². The van der Waals surface area contributed by atoms with Gasteiger partial charge in [-0.2, -0.15) is 22.9 Å². The topological polar surface area (TPSA) is 146 Å². The van der Waals surface area contributed by atoms with Gasteiger partial charge in [-0.05, 0) is 37.3 Å². The van der Waals surface area contributed by atoms with Crippen LogP contribution in [0.25, 0.3) is 22.3 Å². The van der Waals surface area contributed by atoms with Gasteiger partial charge in [0.2, 0.25) is 5.75 Å². The van der Waals surface area contributed by atoms with E-state index >= 15 is 0 Å². The van der Waals surface area contributed by atoms with Crippen LogP contribution in [0.15, 0.2) is 70.6 Å². The first-order chi connectivity index (χ1) is 18.9. The number of benzene rings is 3. The summed E-state index contributed by atoms with van der Waals surface area (Å²) in [6.07, 6.45) is -5.04. The van der Waals surface area contributed by atoms with Gasteiger partial charge in [-0.25, -0.2) is 9.78 Å². The van der Waals surface area contributed by atoms with Crippen LogP contribution in [0.1, 0.15) is 18.1 Å². The summed E-state index contributed by atoms with van der Waals surface area (Å²) in [6.45, 7) is 1.18. The summed E-state index contributed by atoms with van der Waals surface area (Å²) in [5.74, 6) is -2.20. The summed E-state index contributed by atoms with van der Waals surface area (Å²) in [4.78, 5) is 39.8. The lowest BCUT2D eigenvalue weighted by Gasteiger charge is -2.14. The van der Waals surface area contributed by atoms with Crippen molar-refractivity contribution in [1.82, 2.24) is 9.66 Å². The number of nitro groups is 1. The van der Waals surface area contributed by atoms with E-state index in [1.807, 2.05) is 0 Å². The molecule has 0 aliphatic carbocycles. The molecule has 206 valence electrons. The molecule has 3 aromatic carbocycles. The second kappa shape index (κ2) is 10.8. The molecule has 0 fully saturated rings. The number of carboxylic acid groups (broad SMARTS) is 1. The normalized spacial score (nSPS) is 12.4. The van der Waals surface area contributed by atoms with Crippen LogP contribution in [-0.2, 0) is 11.0 Å². The molecule has 40 heavy (non-hydrogen) atoms. The number of alkyl halides is 3. The average Bonchev–Trinajstić information content (AvgIpc) is 2.92. The number of aliphatic carboxylic acids is 1. The third-order valence-electron chi connectivity index (χ3n) is 5.64. The van der Waals surface area contributed by atoms with Crippen molar-refractivity contribution in [1.29, 1.82) is 0 Å². The SMILES string of the molecule is COc1cc(C=Nn2c(-c3cccc(C(F)(F)F)c3)nc3ccccc3c2=O)cc([N+](=O)[O-])c1O[C@H](C)C(=O)O. The Kier molecular flexibility index (Phi) is 7.52. The number of methoxy groups -OCH3 is 1. The van der Waals surface area contributed by atoms with Crippen molar-refractivity contribution in [2.45, 2.75) is 19.2 Å². The zero-order valence-electron chi connectivity index (χ0n) is 20.7. The molecule has 0 radical (unpaired) electrons. The summed E-state index contributed by atoms with van der Waals surface area (Å²) >= 11 is 0. The van der Waals surface area contributed by atoms with Crippen LogP contribution in [0, 0.1) is 10.1 Å². The zero-order valence-corrected chi connectivity index (χ0v) is 20.7. The van der Waals surface area contributed by atoms with E-state index in [1.165, 1.54) is 44.4 Å². The molecule has 0 spiro atoms. The molecule has 0 bridgehead atoms. The Morgan fingerprint density at radius 2 is 1.90 bits per heavy atom. The number of para-hydroxylation sites is 1. The Hall–Kier alpha value is -5.27. The van der Waals surface area contributed by atoms with Crippen molar-refractivity contribution in [2.75, 3.05) is 7.11 Å². The average molecular weight is 556 g/mol. The molecule has 0 saturated heterocycles. The Labute approximate surface area is 222 Å². The van der Waals surface area contributed by atoms with Crippen molar-refractivity contribution < 1.29 is 37.5 Å². The maximum atomic E-state index is 13.4. The lowest BCUT2D eigenvalue weighted by molar-refractivity contribution is -0.386. The largest absolute Gasteiger partial charge is 0.493 e. The molecule has 0 saturated carbocycles. The lowest BCUT2D eigenvalue weighted by atomic mass is 10.1. The second-order valence-electron chi connectivity index (χ2n) is 8.32. The minimum atomic E-state index is -4.65. The molecular formula is C26H19F3N4O7. The molecule has 1 N–H and O–H groups in total. The molecule has 4 rings (SSSR count). The molecule has 11 nitrogen and oxygen atoms in total. The summed E-state index contributed by atoms with van der Waals surface area (Å²) in [5, 5.41) is 25.1. The fraction of sp³-hybridized carbons (Fsp3) is 0.154. The Balaban J connectivity index is 1.90. The number of nitrogens with zero attached hydrogens (tertiary/aromatic N) is 4. The molecule has 0 amide bonds. The van der Waals surface area contributed by atoms with Crippen LogP contribution in [0.4, 0.5) is 18.9 Å². The van der Waals surface area contributed by atoms with Crippen molar-refractivity contribution in [2.24, 2.45) is 5.10 Å². The van der Waals surface area contributed by atoms with E-state index < -0.39 is 45.7 Å². The van der Waals surface area contributed by atoms with Gasteiger partial charge in [-0.1, -0.05) is 24.3 Å². The standard InChI is InChI=1S/C26H19F3N4O7/c1-14(25(35)36)40-22-20(33(37)38)10-15(11-21(22)39-2)13-30-32-23(16-6-5-7-17(12-16)26(27,28)29)31-19-9-4-3-8-18(19)24(32)34/h3-14H,1-2H3,(H,35,36)/t14-/m1/s1. The predicted molar refractivity (Wildman–Crippen MR) is 137 cm³/mol. The number of carboxylic acids is 1. The Bertz CT molecular complexity index is 1720. The minimum absolute atomic E-state index is 0.0360. The minimum Gasteiger partial charge on any atom is -0.493 e. The van der Waals surface area contributed by atoms with Gasteiger partial charge in [0.25, 0.3) is 5.56 Å². The third-order valence-corrected chi connectivity index (χ3v) is 5.64.